The molecule has 2 aromatic heterocycles. The Morgan fingerprint density at radius 1 is 0.982 bits per heavy atom. The minimum Gasteiger partial charge on any atom is -0.481 e. The van der Waals surface area contributed by atoms with Crippen LogP contribution < -0.4 is 5.56 Å². The highest BCUT2D eigenvalue weighted by molar-refractivity contribution is 6.30. The van der Waals surface area contributed by atoms with Crippen LogP contribution in [0.3, 0.4) is 0 Å². The average Bonchev–Trinajstić information content (AvgIpc) is 3.53. The van der Waals surface area contributed by atoms with Crippen molar-refractivity contribution in [3.63, 3.8) is 0 Å². The van der Waals surface area contributed by atoms with Gasteiger partial charge in [-0.25, -0.2) is 4.98 Å². The van der Waals surface area contributed by atoms with Gasteiger partial charge in [-0.05, 0) is 129 Å². The number of ketones is 1. The van der Waals surface area contributed by atoms with E-state index in [1.54, 1.807) is 42.9 Å². The van der Waals surface area contributed by atoms with E-state index in [0.717, 1.165) is 62.6 Å². The Hall–Kier alpha value is -3.20. The van der Waals surface area contributed by atoms with Gasteiger partial charge >= 0.3 is 11.9 Å². The van der Waals surface area contributed by atoms with Gasteiger partial charge in [0.05, 0.1) is 16.9 Å². The number of allylic oxidation sites excluding steroid dienone is 2. The molecule has 5 aliphatic rings. The summed E-state index contributed by atoms with van der Waals surface area (Å²) in [6, 6.07) is 5.24. The fourth-order valence-electron chi connectivity index (χ4n) is 13.6. The number of ether oxygens (including phenoxy) is 1. The van der Waals surface area contributed by atoms with Gasteiger partial charge in [-0.15, -0.1) is 0 Å². The first-order chi connectivity index (χ1) is 25.5. The lowest BCUT2D eigenvalue weighted by Crippen LogP contribution is -2.65. The molecular weight excluding hydrogens is 714 g/mol. The van der Waals surface area contributed by atoms with Crippen molar-refractivity contribution in [2.75, 3.05) is 0 Å². The largest absolute Gasteiger partial charge is 0.481 e. The first-order valence-corrected chi connectivity index (χ1v) is 21.0. The summed E-state index contributed by atoms with van der Waals surface area (Å²) in [7, 11) is 1.92. The van der Waals surface area contributed by atoms with Gasteiger partial charge in [0.1, 0.15) is 6.10 Å². The molecule has 8 atom stereocenters. The number of esters is 1. The fourth-order valence-corrected chi connectivity index (χ4v) is 13.7. The molecule has 0 aliphatic heterocycles. The maximum absolute atomic E-state index is 14.2. The van der Waals surface area contributed by atoms with Crippen LogP contribution in [-0.2, 0) is 32.6 Å². The van der Waals surface area contributed by atoms with E-state index in [4.69, 9.17) is 16.3 Å². The molecule has 2 heterocycles. The van der Waals surface area contributed by atoms with Crippen molar-refractivity contribution < 1.29 is 24.2 Å². The van der Waals surface area contributed by atoms with Crippen molar-refractivity contribution in [1.82, 2.24) is 14.3 Å². The highest BCUT2D eigenvalue weighted by Crippen LogP contribution is 2.77. The third-order valence-electron chi connectivity index (χ3n) is 16.6. The van der Waals surface area contributed by atoms with E-state index in [0.29, 0.717) is 35.5 Å². The number of halogens is 1. The van der Waals surface area contributed by atoms with Crippen molar-refractivity contribution in [2.24, 2.45) is 63.2 Å². The van der Waals surface area contributed by atoms with Crippen LogP contribution >= 0.6 is 11.6 Å². The minimum absolute atomic E-state index is 0.00555. The number of hydrogen-bond donors (Lipinski definition) is 1. The number of nitrogens with zero attached hydrogens (tertiary/aromatic N) is 3. The zero-order chi connectivity index (χ0) is 40.3. The number of Topliss-reactive ketones (excluding diaryl/α,β-unsaturated/α-hetero) is 1. The molecule has 4 fully saturated rings. The van der Waals surface area contributed by atoms with Gasteiger partial charge in [-0.2, -0.15) is 4.68 Å². The molecule has 2 aromatic rings. The van der Waals surface area contributed by atoms with Crippen molar-refractivity contribution >= 4 is 29.3 Å². The maximum Gasteiger partial charge on any atom is 0.309 e. The number of aliphatic carboxylic acids is 1. The number of carbonyl (C=O) groups is 3. The molecule has 5 aliphatic carbocycles. The molecule has 1 N–H and O–H groups in total. The van der Waals surface area contributed by atoms with Gasteiger partial charge in [0.15, 0.2) is 11.6 Å². The van der Waals surface area contributed by atoms with E-state index < -0.39 is 17.4 Å². The second-order valence-corrected chi connectivity index (χ2v) is 20.9. The van der Waals surface area contributed by atoms with Crippen LogP contribution in [0, 0.1) is 56.2 Å². The zero-order valence-electron chi connectivity index (χ0n) is 34.7. The Bertz CT molecular complexity index is 2010. The summed E-state index contributed by atoms with van der Waals surface area (Å²) in [6.45, 7) is 19.7. The van der Waals surface area contributed by atoms with E-state index in [9.17, 15) is 24.3 Å². The normalized spacial score (nSPS) is 35.5. The molecule has 300 valence electrons. The molecule has 55 heavy (non-hydrogen) atoms. The number of fused-ring (bicyclic) bond motifs is 7. The molecular formula is C45H62ClN3O6. The number of rotatable bonds is 8. The Kier molecular flexibility index (Phi) is 9.58. The number of carbonyl (C=O) groups excluding carboxylic acids is 2. The van der Waals surface area contributed by atoms with Crippen LogP contribution in [0.25, 0.3) is 5.82 Å². The second kappa shape index (κ2) is 13.2. The van der Waals surface area contributed by atoms with Gasteiger partial charge in [0.2, 0.25) is 0 Å². The van der Waals surface area contributed by atoms with Crippen LogP contribution in [0.4, 0.5) is 0 Å². The molecule has 7 rings (SSSR count). The third-order valence-corrected chi connectivity index (χ3v) is 16.8. The monoisotopic (exact) mass is 775 g/mol. The van der Waals surface area contributed by atoms with E-state index in [1.807, 2.05) is 11.7 Å². The first kappa shape index (κ1) is 40.0. The molecule has 0 amide bonds. The van der Waals surface area contributed by atoms with Gasteiger partial charge < -0.3 is 9.84 Å². The topological polar surface area (TPSA) is 120 Å². The Morgan fingerprint density at radius 3 is 2.33 bits per heavy atom. The van der Waals surface area contributed by atoms with E-state index in [-0.39, 0.29) is 62.8 Å². The fraction of sp³-hybridized carbons (Fsp3) is 0.711. The zero-order valence-corrected chi connectivity index (χ0v) is 35.4. The number of carboxylic acids is 1. The third kappa shape index (κ3) is 5.93. The van der Waals surface area contributed by atoms with Crippen molar-refractivity contribution in [2.45, 2.75) is 139 Å². The molecule has 4 saturated carbocycles. The van der Waals surface area contributed by atoms with Gasteiger partial charge in [-0.3, -0.25) is 23.9 Å². The van der Waals surface area contributed by atoms with Gasteiger partial charge in [0.25, 0.3) is 5.56 Å². The van der Waals surface area contributed by atoms with Crippen LogP contribution in [0.15, 0.2) is 40.3 Å². The van der Waals surface area contributed by atoms with Gasteiger partial charge in [-0.1, -0.05) is 65.6 Å². The Balaban J connectivity index is 1.20. The summed E-state index contributed by atoms with van der Waals surface area (Å²) in [6.07, 6.45) is 10.2. The van der Waals surface area contributed by atoms with Crippen molar-refractivity contribution in [3.8, 4) is 5.82 Å². The molecule has 0 aromatic carbocycles. The molecule has 0 bridgehead atoms. The minimum atomic E-state index is -1.17. The second-order valence-electron chi connectivity index (χ2n) is 20.5. The molecule has 0 spiro atoms. The number of pyridine rings is 1. The highest BCUT2D eigenvalue weighted by atomic mass is 35.5. The lowest BCUT2D eigenvalue weighted by molar-refractivity contribution is -0.233. The van der Waals surface area contributed by atoms with Crippen molar-refractivity contribution in [3.05, 3.63) is 56.6 Å². The molecule has 9 nitrogen and oxygen atoms in total. The van der Waals surface area contributed by atoms with Crippen LogP contribution in [0.5, 0.6) is 0 Å². The maximum atomic E-state index is 14.2. The average molecular weight is 776 g/mol. The molecule has 0 unspecified atom stereocenters. The lowest BCUT2D eigenvalue weighted by Gasteiger charge is -2.72. The lowest BCUT2D eigenvalue weighted by atomic mass is 9.33. The van der Waals surface area contributed by atoms with Crippen LogP contribution in [0.1, 0.15) is 132 Å². The highest BCUT2D eigenvalue weighted by Gasteiger charge is 2.70. The van der Waals surface area contributed by atoms with Gasteiger partial charge in [0, 0.05) is 42.3 Å². The molecule has 0 radical (unpaired) electrons. The molecule has 0 saturated heterocycles. The quantitative estimate of drug-likeness (QED) is 0.266. The predicted molar refractivity (Wildman–Crippen MR) is 213 cm³/mol. The smallest absolute Gasteiger partial charge is 0.309 e. The summed E-state index contributed by atoms with van der Waals surface area (Å²) in [5.41, 5.74) is 1.55. The number of aromatic nitrogens is 3. The van der Waals surface area contributed by atoms with Crippen LogP contribution in [-0.4, -0.2) is 43.3 Å². The van der Waals surface area contributed by atoms with Crippen LogP contribution in [0.2, 0.25) is 5.02 Å². The Morgan fingerprint density at radius 2 is 1.69 bits per heavy atom. The summed E-state index contributed by atoms with van der Waals surface area (Å²) in [5.74, 6) is 0.629. The van der Waals surface area contributed by atoms with E-state index >= 15 is 0 Å². The summed E-state index contributed by atoms with van der Waals surface area (Å²) < 4.78 is 9.69. The summed E-state index contributed by atoms with van der Waals surface area (Å²) in [4.78, 5) is 57.1. The number of carboxylic acid groups (broad SMARTS) is 1. The summed E-state index contributed by atoms with van der Waals surface area (Å²) >= 11 is 6.12. The molecule has 10 heteroatoms. The number of hydrogen-bond acceptors (Lipinski definition) is 6. The van der Waals surface area contributed by atoms with E-state index in [1.165, 1.54) is 5.57 Å². The standard InChI is InChI=1S/C45H62ClN3O6/c1-26(2)37-30(50)23-45(22-28-21-35(51)49(48(28)10)34-14-11-27(46)25-47-34)20-19-43(8)29(38(37)45)12-13-32-42(7)17-16-33(55-36(52)24-40(3,4)39(53)54)41(5,6)31(42)15-18-44(32,43)9/h11,14,21,25-26,29,31-33H,12-13,15-20,22-24H2,1-10H3,(H,53,54)/t29-,31+,32-,33+,42+,43-,44-,45-/m1/s1. The van der Waals surface area contributed by atoms with Crippen molar-refractivity contribution in [1.29, 1.82) is 0 Å². The summed E-state index contributed by atoms with van der Waals surface area (Å²) in [5, 5.41) is 10.1. The predicted octanol–water partition coefficient (Wildman–Crippen LogP) is 9.16. The Labute approximate surface area is 331 Å². The SMILES string of the molecule is CC(C)C1=C2[C@H]3CC[C@@H]4[C@@]5(C)CC[C@H](OC(=O)CC(C)(C)C(=O)O)C(C)(C)[C@@H]5CC[C@@]4(C)[C@]3(C)CC[C@@]2(Cc2cc(=O)n(-c3ccc(Cl)cn3)n2C)CC1=O. The first-order valence-electron chi connectivity index (χ1n) is 20.6. The van der Waals surface area contributed by atoms with E-state index in [2.05, 4.69) is 53.5 Å².